The molecule has 0 saturated carbocycles. The van der Waals surface area contributed by atoms with Crippen LogP contribution in [0.3, 0.4) is 0 Å². The summed E-state index contributed by atoms with van der Waals surface area (Å²) in [6, 6.07) is 34.1. The Labute approximate surface area is 239 Å². The number of carbonyl (C=O) groups is 1. The fourth-order valence-corrected chi connectivity index (χ4v) is 4.75. The van der Waals surface area contributed by atoms with Gasteiger partial charge in [0.2, 0.25) is 5.90 Å². The molecule has 0 aromatic heterocycles. The summed E-state index contributed by atoms with van der Waals surface area (Å²) in [6.45, 7) is 0.485. The molecule has 1 heterocycles. The van der Waals surface area contributed by atoms with Crippen LogP contribution in [0.1, 0.15) is 29.2 Å². The number of rotatable bonds is 12. The lowest BCUT2D eigenvalue weighted by molar-refractivity contribution is -0.128. The molecular weight excluding hydrogens is 518 g/mol. The zero-order valence-electron chi connectivity index (χ0n) is 22.8. The number of carbonyl (C=O) groups excluding carboxylic acids is 1. The van der Waals surface area contributed by atoms with Crippen LogP contribution in [0.25, 0.3) is 0 Å². The summed E-state index contributed by atoms with van der Waals surface area (Å²) in [5.74, 6) is 1.34. The molecular formula is C33H33N3O5. The predicted octanol–water partition coefficient (Wildman–Crippen LogP) is 5.10. The number of hydrazine groups is 1. The third-order valence-electron chi connectivity index (χ3n) is 6.84. The monoisotopic (exact) mass is 551 g/mol. The Kier molecular flexibility index (Phi) is 8.81. The highest BCUT2D eigenvalue weighted by molar-refractivity contribution is 6.01. The van der Waals surface area contributed by atoms with Gasteiger partial charge in [-0.1, -0.05) is 60.7 Å². The van der Waals surface area contributed by atoms with E-state index in [4.69, 9.17) is 24.3 Å². The first-order chi connectivity index (χ1) is 20.1. The molecule has 0 saturated heterocycles. The third-order valence-corrected chi connectivity index (χ3v) is 6.84. The van der Waals surface area contributed by atoms with Crippen molar-refractivity contribution >= 4 is 17.5 Å². The van der Waals surface area contributed by atoms with Gasteiger partial charge in [-0.3, -0.25) is 15.6 Å². The van der Waals surface area contributed by atoms with Gasteiger partial charge in [-0.2, -0.15) is 0 Å². The van der Waals surface area contributed by atoms with E-state index >= 15 is 0 Å². The molecule has 8 nitrogen and oxygen atoms in total. The number of nitrogens with one attached hydrogen (secondary N) is 2. The summed E-state index contributed by atoms with van der Waals surface area (Å²) in [7, 11) is 1.61. The number of aliphatic imine (C=N–C) groups is 1. The number of benzene rings is 4. The zero-order valence-corrected chi connectivity index (χ0v) is 22.8. The average molecular weight is 552 g/mol. The van der Waals surface area contributed by atoms with E-state index < -0.39 is 11.6 Å². The number of hydrogen-bond donors (Lipinski definition) is 3. The van der Waals surface area contributed by atoms with Crippen LogP contribution in [0.2, 0.25) is 0 Å². The first-order valence-electron chi connectivity index (χ1n) is 13.5. The Balaban J connectivity index is 1.55. The number of aliphatic hydroxyl groups is 1. The Bertz CT molecular complexity index is 1460. The Hall–Kier alpha value is -4.82. The first-order valence-corrected chi connectivity index (χ1v) is 13.5. The van der Waals surface area contributed by atoms with E-state index in [9.17, 15) is 4.79 Å². The van der Waals surface area contributed by atoms with E-state index in [2.05, 4.69) is 10.9 Å². The lowest BCUT2D eigenvalue weighted by Crippen LogP contribution is -2.51. The largest absolute Gasteiger partial charge is 0.497 e. The molecule has 0 radical (unpaired) electrons. The summed E-state index contributed by atoms with van der Waals surface area (Å²) < 4.78 is 17.7. The van der Waals surface area contributed by atoms with Crippen LogP contribution < -0.4 is 20.3 Å². The van der Waals surface area contributed by atoms with E-state index in [1.807, 2.05) is 109 Å². The van der Waals surface area contributed by atoms with Crippen LogP contribution in [0, 0.1) is 0 Å². The van der Waals surface area contributed by atoms with Crippen LogP contribution in [0.5, 0.6) is 11.5 Å². The van der Waals surface area contributed by atoms with E-state index in [0.29, 0.717) is 42.4 Å². The van der Waals surface area contributed by atoms with Crippen molar-refractivity contribution in [2.24, 2.45) is 4.99 Å². The highest BCUT2D eigenvalue weighted by Gasteiger charge is 2.53. The molecule has 0 spiro atoms. The molecule has 41 heavy (non-hydrogen) atoms. The van der Waals surface area contributed by atoms with Crippen molar-refractivity contribution in [2.45, 2.75) is 24.5 Å². The minimum absolute atomic E-state index is 0.0685. The van der Waals surface area contributed by atoms with Crippen molar-refractivity contribution in [1.82, 2.24) is 5.43 Å². The number of methoxy groups -OCH3 is 1. The standard InChI is InChI=1S/C33H33N3O5/c1-39-29-15-8-12-26(22-29)30-33(23-24-10-4-2-5-11-24,32(38)36-35-27-13-6-3-7-14-27)34-31(41-30)25-16-18-28(19-17-25)40-21-9-20-37/h2-8,10-19,22,30,35,37H,9,20-21,23H2,1H3,(H,36,38)/t30-,33-/m0/s1. The molecule has 0 fully saturated rings. The van der Waals surface area contributed by atoms with Gasteiger partial charge in [0.15, 0.2) is 11.6 Å². The number of aliphatic hydroxyl groups excluding tert-OH is 1. The lowest BCUT2D eigenvalue weighted by atomic mass is 9.82. The Morgan fingerprint density at radius 3 is 2.37 bits per heavy atom. The molecule has 4 aromatic carbocycles. The normalized spacial score (nSPS) is 17.7. The van der Waals surface area contributed by atoms with Crippen molar-refractivity contribution in [1.29, 1.82) is 0 Å². The predicted molar refractivity (Wildman–Crippen MR) is 158 cm³/mol. The van der Waals surface area contributed by atoms with Gasteiger partial charge >= 0.3 is 0 Å². The number of anilines is 1. The van der Waals surface area contributed by atoms with E-state index in [-0.39, 0.29) is 12.5 Å². The summed E-state index contributed by atoms with van der Waals surface area (Å²) in [6.07, 6.45) is 0.100. The van der Waals surface area contributed by atoms with Gasteiger partial charge < -0.3 is 19.3 Å². The van der Waals surface area contributed by atoms with Gasteiger partial charge in [0.1, 0.15) is 11.5 Å². The number of ether oxygens (including phenoxy) is 3. The maximum atomic E-state index is 14.2. The molecule has 3 N–H and O–H groups in total. The zero-order chi connectivity index (χ0) is 28.5. The van der Waals surface area contributed by atoms with Crippen LogP contribution in [-0.4, -0.2) is 42.8 Å². The quantitative estimate of drug-likeness (QED) is 0.167. The van der Waals surface area contributed by atoms with Gasteiger partial charge in [-0.05, 0) is 59.7 Å². The third kappa shape index (κ3) is 6.50. The number of amides is 1. The first kappa shape index (κ1) is 27.7. The van der Waals surface area contributed by atoms with Gasteiger partial charge in [0.05, 0.1) is 19.4 Å². The topological polar surface area (TPSA) is 101 Å². The lowest BCUT2D eigenvalue weighted by Gasteiger charge is -2.31. The summed E-state index contributed by atoms with van der Waals surface area (Å²) in [5.41, 5.74) is 7.74. The second-order valence-electron chi connectivity index (χ2n) is 9.67. The van der Waals surface area contributed by atoms with Crippen LogP contribution >= 0.6 is 0 Å². The minimum atomic E-state index is -1.35. The van der Waals surface area contributed by atoms with Crippen molar-refractivity contribution in [3.05, 3.63) is 126 Å². The molecule has 0 unspecified atom stereocenters. The van der Waals surface area contributed by atoms with Gasteiger partial charge in [0, 0.05) is 25.0 Å². The molecule has 210 valence electrons. The maximum absolute atomic E-state index is 14.2. The second-order valence-corrected chi connectivity index (χ2v) is 9.67. The van der Waals surface area contributed by atoms with Crippen molar-refractivity contribution < 1.29 is 24.1 Å². The molecule has 2 atom stereocenters. The Morgan fingerprint density at radius 2 is 1.66 bits per heavy atom. The van der Waals surface area contributed by atoms with E-state index in [0.717, 1.165) is 16.8 Å². The van der Waals surface area contributed by atoms with Crippen molar-refractivity contribution in [3.63, 3.8) is 0 Å². The van der Waals surface area contributed by atoms with Gasteiger partial charge in [0.25, 0.3) is 5.91 Å². The fourth-order valence-electron chi connectivity index (χ4n) is 4.75. The Morgan fingerprint density at radius 1 is 0.927 bits per heavy atom. The molecule has 1 aliphatic rings. The van der Waals surface area contributed by atoms with E-state index in [1.54, 1.807) is 7.11 Å². The van der Waals surface area contributed by atoms with Crippen LogP contribution in [0.4, 0.5) is 5.69 Å². The molecule has 1 aliphatic heterocycles. The molecule has 8 heteroatoms. The van der Waals surface area contributed by atoms with Crippen LogP contribution in [-0.2, 0) is 16.0 Å². The highest BCUT2D eigenvalue weighted by Crippen LogP contribution is 2.43. The smallest absolute Gasteiger partial charge is 0.270 e. The average Bonchev–Trinajstić information content (AvgIpc) is 3.41. The molecule has 0 bridgehead atoms. The SMILES string of the molecule is COc1cccc([C@@H]2OC(c3ccc(OCCCO)cc3)=N[C@]2(Cc2ccccc2)C(=O)NNc2ccccc2)c1. The number of hydrogen-bond acceptors (Lipinski definition) is 7. The fraction of sp³-hybridized carbons (Fsp3) is 0.212. The van der Waals surface area contributed by atoms with Crippen molar-refractivity contribution in [3.8, 4) is 11.5 Å². The highest BCUT2D eigenvalue weighted by atomic mass is 16.5. The van der Waals surface area contributed by atoms with Crippen molar-refractivity contribution in [2.75, 3.05) is 25.7 Å². The van der Waals surface area contributed by atoms with E-state index in [1.165, 1.54) is 0 Å². The summed E-state index contributed by atoms with van der Waals surface area (Å²) >= 11 is 0. The minimum Gasteiger partial charge on any atom is -0.497 e. The molecule has 4 aromatic rings. The van der Waals surface area contributed by atoms with Gasteiger partial charge in [-0.15, -0.1) is 0 Å². The molecule has 5 rings (SSSR count). The second kappa shape index (κ2) is 13.0. The summed E-state index contributed by atoms with van der Waals surface area (Å²) in [4.78, 5) is 19.3. The van der Waals surface area contributed by atoms with Crippen LogP contribution in [0.15, 0.2) is 114 Å². The number of para-hydroxylation sites is 1. The molecule has 1 amide bonds. The molecule has 0 aliphatic carbocycles. The maximum Gasteiger partial charge on any atom is 0.270 e. The van der Waals surface area contributed by atoms with Gasteiger partial charge in [-0.25, -0.2) is 4.99 Å². The summed E-state index contributed by atoms with van der Waals surface area (Å²) in [5, 5.41) is 9.03. The number of nitrogens with zero attached hydrogens (tertiary/aromatic N) is 1.